The number of para-hydroxylation sites is 1. The van der Waals surface area contributed by atoms with Gasteiger partial charge >= 0.3 is 0 Å². The number of benzene rings is 2. The van der Waals surface area contributed by atoms with Crippen molar-refractivity contribution in [2.24, 2.45) is 0 Å². The number of amides is 1. The summed E-state index contributed by atoms with van der Waals surface area (Å²) in [7, 11) is 0. The summed E-state index contributed by atoms with van der Waals surface area (Å²) in [5, 5.41) is 7.21. The van der Waals surface area contributed by atoms with Gasteiger partial charge in [-0.2, -0.15) is 0 Å². The Hall–Kier alpha value is -2.57. The Morgan fingerprint density at radius 1 is 1.21 bits per heavy atom. The van der Waals surface area contributed by atoms with Gasteiger partial charge in [0.2, 0.25) is 0 Å². The lowest BCUT2D eigenvalue weighted by molar-refractivity contribution is 0.0932. The SMILES string of the molecule is Cc1nc(CSc2ccccc2C(=O)NC(C)c2cc3ccccc3o2)cs1. The van der Waals surface area contributed by atoms with Crippen molar-refractivity contribution >= 4 is 40.0 Å². The molecule has 0 aliphatic carbocycles. The van der Waals surface area contributed by atoms with Gasteiger partial charge < -0.3 is 9.73 Å². The first-order valence-electron chi connectivity index (χ1n) is 9.02. The third-order valence-electron chi connectivity index (χ3n) is 4.39. The number of carbonyl (C=O) groups is 1. The van der Waals surface area contributed by atoms with Gasteiger partial charge in [0, 0.05) is 21.4 Å². The van der Waals surface area contributed by atoms with E-state index in [9.17, 15) is 4.79 Å². The van der Waals surface area contributed by atoms with Gasteiger partial charge in [-0.3, -0.25) is 4.79 Å². The molecule has 0 aliphatic rings. The number of rotatable bonds is 6. The summed E-state index contributed by atoms with van der Waals surface area (Å²) in [6.45, 7) is 3.93. The van der Waals surface area contributed by atoms with Crippen molar-refractivity contribution in [3.8, 4) is 0 Å². The maximum atomic E-state index is 12.9. The highest BCUT2D eigenvalue weighted by Crippen LogP contribution is 2.28. The van der Waals surface area contributed by atoms with Crippen molar-refractivity contribution in [2.45, 2.75) is 30.5 Å². The lowest BCUT2D eigenvalue weighted by Crippen LogP contribution is -2.26. The number of furan rings is 1. The Kier molecular flexibility index (Phi) is 5.50. The van der Waals surface area contributed by atoms with E-state index in [1.165, 1.54) is 0 Å². The summed E-state index contributed by atoms with van der Waals surface area (Å²) in [5.41, 5.74) is 2.54. The number of hydrogen-bond donors (Lipinski definition) is 1. The Bertz CT molecular complexity index is 1080. The first-order chi connectivity index (χ1) is 13.6. The van der Waals surface area contributed by atoms with Gasteiger partial charge in [-0.05, 0) is 38.1 Å². The molecule has 4 nitrogen and oxygen atoms in total. The summed E-state index contributed by atoms with van der Waals surface area (Å²) in [6.07, 6.45) is 0. The fourth-order valence-corrected chi connectivity index (χ4v) is 4.63. The first kappa shape index (κ1) is 18.8. The summed E-state index contributed by atoms with van der Waals surface area (Å²) >= 11 is 3.27. The maximum Gasteiger partial charge on any atom is 0.252 e. The Morgan fingerprint density at radius 3 is 2.79 bits per heavy atom. The number of carbonyl (C=O) groups excluding carboxylic acids is 1. The van der Waals surface area contributed by atoms with E-state index in [0.717, 1.165) is 38.1 Å². The van der Waals surface area contributed by atoms with Crippen molar-refractivity contribution in [3.63, 3.8) is 0 Å². The Balaban J connectivity index is 1.48. The zero-order chi connectivity index (χ0) is 19.5. The molecule has 1 N–H and O–H groups in total. The summed E-state index contributed by atoms with van der Waals surface area (Å²) in [4.78, 5) is 18.3. The average Bonchev–Trinajstić information content (AvgIpc) is 3.32. The van der Waals surface area contributed by atoms with Crippen LogP contribution >= 0.6 is 23.1 Å². The maximum absolute atomic E-state index is 12.9. The van der Waals surface area contributed by atoms with Crippen LogP contribution in [0.3, 0.4) is 0 Å². The molecule has 28 heavy (non-hydrogen) atoms. The number of aryl methyl sites for hydroxylation is 1. The number of hydrogen-bond acceptors (Lipinski definition) is 5. The molecule has 0 spiro atoms. The molecule has 1 unspecified atom stereocenters. The number of aromatic nitrogens is 1. The fraction of sp³-hybridized carbons (Fsp3) is 0.182. The molecule has 2 heterocycles. The zero-order valence-corrected chi connectivity index (χ0v) is 17.3. The molecular formula is C22H20N2O2S2. The molecule has 4 rings (SSSR count). The Labute approximate surface area is 172 Å². The second-order valence-electron chi connectivity index (χ2n) is 6.52. The number of thioether (sulfide) groups is 1. The normalized spacial score (nSPS) is 12.2. The molecule has 0 bridgehead atoms. The smallest absolute Gasteiger partial charge is 0.252 e. The van der Waals surface area contributed by atoms with E-state index in [0.29, 0.717) is 5.56 Å². The van der Waals surface area contributed by atoms with E-state index in [2.05, 4.69) is 15.7 Å². The topological polar surface area (TPSA) is 55.1 Å². The highest BCUT2D eigenvalue weighted by Gasteiger charge is 2.17. The quantitative estimate of drug-likeness (QED) is 0.399. The van der Waals surface area contributed by atoms with Gasteiger partial charge in [-0.15, -0.1) is 23.1 Å². The van der Waals surface area contributed by atoms with Gasteiger partial charge in [0.1, 0.15) is 11.3 Å². The third kappa shape index (κ3) is 4.13. The van der Waals surface area contributed by atoms with Crippen molar-refractivity contribution in [2.75, 3.05) is 0 Å². The lowest BCUT2D eigenvalue weighted by atomic mass is 10.1. The predicted molar refractivity (Wildman–Crippen MR) is 115 cm³/mol. The van der Waals surface area contributed by atoms with Gasteiger partial charge in [0.05, 0.1) is 22.3 Å². The van der Waals surface area contributed by atoms with Crippen LogP contribution in [0.15, 0.2) is 69.3 Å². The number of nitrogens with one attached hydrogen (secondary N) is 1. The number of nitrogens with zero attached hydrogens (tertiary/aromatic N) is 1. The molecule has 0 saturated carbocycles. The second-order valence-corrected chi connectivity index (χ2v) is 8.60. The molecule has 2 aromatic carbocycles. The van der Waals surface area contributed by atoms with Gasteiger partial charge in [-0.1, -0.05) is 30.3 Å². The standard InChI is InChI=1S/C22H20N2O2S2/c1-14(20-11-16-7-3-5-9-19(16)26-20)23-22(25)18-8-4-6-10-21(18)28-13-17-12-27-15(2)24-17/h3-12,14H,13H2,1-2H3,(H,23,25). The molecule has 0 saturated heterocycles. The lowest BCUT2D eigenvalue weighted by Gasteiger charge is -2.13. The van der Waals surface area contributed by atoms with Crippen LogP contribution in [-0.2, 0) is 5.75 Å². The van der Waals surface area contributed by atoms with E-state index in [-0.39, 0.29) is 11.9 Å². The second kappa shape index (κ2) is 8.20. The molecule has 0 fully saturated rings. The number of fused-ring (bicyclic) bond motifs is 1. The monoisotopic (exact) mass is 408 g/mol. The van der Waals surface area contributed by atoms with Crippen LogP contribution in [0, 0.1) is 6.92 Å². The van der Waals surface area contributed by atoms with Crippen LogP contribution in [0.1, 0.15) is 39.8 Å². The van der Waals surface area contributed by atoms with Crippen LogP contribution in [0.5, 0.6) is 0 Å². The minimum absolute atomic E-state index is 0.106. The van der Waals surface area contributed by atoms with Crippen LogP contribution < -0.4 is 5.32 Å². The molecule has 1 atom stereocenters. The molecule has 6 heteroatoms. The molecule has 0 aliphatic heterocycles. The molecule has 142 valence electrons. The van der Waals surface area contributed by atoms with E-state index < -0.39 is 0 Å². The highest BCUT2D eigenvalue weighted by atomic mass is 32.2. The predicted octanol–water partition coefficient (Wildman–Crippen LogP) is 5.98. The van der Waals surface area contributed by atoms with Crippen molar-refractivity contribution in [3.05, 3.63) is 82.0 Å². The van der Waals surface area contributed by atoms with Gasteiger partial charge in [0.25, 0.3) is 5.91 Å². The van der Waals surface area contributed by atoms with Crippen molar-refractivity contribution in [1.29, 1.82) is 0 Å². The van der Waals surface area contributed by atoms with Gasteiger partial charge in [-0.25, -0.2) is 4.98 Å². The highest BCUT2D eigenvalue weighted by molar-refractivity contribution is 7.98. The van der Waals surface area contributed by atoms with Crippen LogP contribution in [-0.4, -0.2) is 10.9 Å². The Morgan fingerprint density at radius 2 is 2.00 bits per heavy atom. The molecule has 1 amide bonds. The molecule has 2 aromatic heterocycles. The summed E-state index contributed by atoms with van der Waals surface area (Å²) in [6, 6.07) is 17.3. The summed E-state index contributed by atoms with van der Waals surface area (Å²) in [5.74, 6) is 1.39. The zero-order valence-electron chi connectivity index (χ0n) is 15.6. The minimum Gasteiger partial charge on any atom is -0.459 e. The minimum atomic E-state index is -0.223. The third-order valence-corrected chi connectivity index (χ3v) is 6.32. The average molecular weight is 409 g/mol. The van der Waals surface area contributed by atoms with Gasteiger partial charge in [0.15, 0.2) is 0 Å². The van der Waals surface area contributed by atoms with Crippen molar-refractivity contribution in [1.82, 2.24) is 10.3 Å². The van der Waals surface area contributed by atoms with E-state index in [4.69, 9.17) is 4.42 Å². The first-order valence-corrected chi connectivity index (χ1v) is 10.9. The van der Waals surface area contributed by atoms with E-state index >= 15 is 0 Å². The van der Waals surface area contributed by atoms with E-state index in [1.807, 2.05) is 68.4 Å². The molecule has 0 radical (unpaired) electrons. The molecular weight excluding hydrogens is 388 g/mol. The van der Waals surface area contributed by atoms with Crippen LogP contribution in [0.4, 0.5) is 0 Å². The number of thiazole rings is 1. The van der Waals surface area contributed by atoms with Crippen LogP contribution in [0.25, 0.3) is 11.0 Å². The summed E-state index contributed by atoms with van der Waals surface area (Å²) < 4.78 is 5.88. The van der Waals surface area contributed by atoms with Crippen LogP contribution in [0.2, 0.25) is 0 Å². The van der Waals surface area contributed by atoms with E-state index in [1.54, 1.807) is 23.1 Å². The fourth-order valence-electron chi connectivity index (χ4n) is 2.97. The molecule has 4 aromatic rings. The largest absolute Gasteiger partial charge is 0.459 e. The van der Waals surface area contributed by atoms with Crippen molar-refractivity contribution < 1.29 is 9.21 Å².